The first kappa shape index (κ1) is 19.6. The molecule has 0 unspecified atom stereocenters. The summed E-state index contributed by atoms with van der Waals surface area (Å²) in [5, 5.41) is 4.89. The maximum Gasteiger partial charge on any atom is 0.256 e. The molecular formula is C23H24N2O3S. The lowest BCUT2D eigenvalue weighted by Crippen LogP contribution is -2.37. The summed E-state index contributed by atoms with van der Waals surface area (Å²) in [5.74, 6) is -0.00662. The number of benzene rings is 3. The van der Waals surface area contributed by atoms with Gasteiger partial charge >= 0.3 is 0 Å². The highest BCUT2D eigenvalue weighted by atomic mass is 32.2. The van der Waals surface area contributed by atoms with Gasteiger partial charge in [0.05, 0.1) is 5.75 Å². The van der Waals surface area contributed by atoms with Gasteiger partial charge in [0, 0.05) is 24.3 Å². The van der Waals surface area contributed by atoms with Crippen LogP contribution in [0.5, 0.6) is 0 Å². The van der Waals surface area contributed by atoms with Crippen molar-refractivity contribution < 1.29 is 13.2 Å². The van der Waals surface area contributed by atoms with Crippen molar-refractivity contribution in [1.82, 2.24) is 4.31 Å². The Kier molecular flexibility index (Phi) is 5.39. The van der Waals surface area contributed by atoms with Crippen molar-refractivity contribution in [3.63, 3.8) is 0 Å². The van der Waals surface area contributed by atoms with E-state index in [1.165, 1.54) is 0 Å². The zero-order valence-electron chi connectivity index (χ0n) is 16.4. The first-order chi connectivity index (χ1) is 14.0. The molecule has 0 aromatic heterocycles. The van der Waals surface area contributed by atoms with Crippen LogP contribution in [0.25, 0.3) is 10.8 Å². The number of rotatable bonds is 5. The average Bonchev–Trinajstić information content (AvgIpc) is 2.72. The zero-order valence-corrected chi connectivity index (χ0v) is 17.2. The topological polar surface area (TPSA) is 66.5 Å². The molecule has 3 aromatic rings. The van der Waals surface area contributed by atoms with Crippen LogP contribution in [-0.4, -0.2) is 30.9 Å². The summed E-state index contributed by atoms with van der Waals surface area (Å²) in [6.07, 6.45) is 1.29. The maximum absolute atomic E-state index is 12.9. The Morgan fingerprint density at radius 2 is 1.83 bits per heavy atom. The molecule has 0 saturated carbocycles. The first-order valence-electron chi connectivity index (χ1n) is 9.86. The van der Waals surface area contributed by atoms with Gasteiger partial charge in [0.25, 0.3) is 5.91 Å². The molecule has 5 nitrogen and oxygen atoms in total. The van der Waals surface area contributed by atoms with Crippen molar-refractivity contribution in [3.05, 3.63) is 77.4 Å². The first-order valence-corrected chi connectivity index (χ1v) is 11.5. The molecule has 0 saturated heterocycles. The van der Waals surface area contributed by atoms with E-state index in [1.807, 2.05) is 67.6 Å². The number of hydrogen-bond donors (Lipinski definition) is 1. The lowest BCUT2D eigenvalue weighted by molar-refractivity contribution is 0.102. The molecule has 6 heteroatoms. The van der Waals surface area contributed by atoms with Gasteiger partial charge in [-0.05, 0) is 52.9 Å². The van der Waals surface area contributed by atoms with Crippen LogP contribution >= 0.6 is 0 Å². The highest BCUT2D eigenvalue weighted by molar-refractivity contribution is 7.89. The summed E-state index contributed by atoms with van der Waals surface area (Å²) in [6.45, 7) is 2.74. The molecule has 0 fully saturated rings. The van der Waals surface area contributed by atoms with Gasteiger partial charge in [0.1, 0.15) is 0 Å². The summed E-state index contributed by atoms with van der Waals surface area (Å²) in [4.78, 5) is 12.9. The summed E-state index contributed by atoms with van der Waals surface area (Å²) < 4.78 is 26.4. The van der Waals surface area contributed by atoms with Crippen LogP contribution in [0.3, 0.4) is 0 Å². The normalized spacial score (nSPS) is 14.5. The molecule has 4 rings (SSSR count). The van der Waals surface area contributed by atoms with Gasteiger partial charge in [-0.15, -0.1) is 0 Å². The van der Waals surface area contributed by atoms with E-state index in [9.17, 15) is 13.2 Å². The summed E-state index contributed by atoms with van der Waals surface area (Å²) >= 11 is 0. The van der Waals surface area contributed by atoms with Crippen molar-refractivity contribution in [2.45, 2.75) is 26.3 Å². The van der Waals surface area contributed by atoms with E-state index in [1.54, 1.807) is 4.31 Å². The van der Waals surface area contributed by atoms with Crippen LogP contribution in [0.4, 0.5) is 5.69 Å². The van der Waals surface area contributed by atoms with Crippen molar-refractivity contribution in [2.24, 2.45) is 0 Å². The SMILES string of the molecule is CCCS(=O)(=O)N1CCc2ccc(NC(=O)c3cccc4ccccc34)cc2C1. The monoisotopic (exact) mass is 408 g/mol. The molecule has 0 spiro atoms. The number of nitrogens with one attached hydrogen (secondary N) is 1. The maximum atomic E-state index is 12.9. The molecule has 3 aromatic carbocycles. The Labute approximate surface area is 171 Å². The fourth-order valence-electron chi connectivity index (χ4n) is 3.86. The van der Waals surface area contributed by atoms with E-state index in [0.29, 0.717) is 37.2 Å². The predicted octanol–water partition coefficient (Wildman–Crippen LogP) is 4.19. The average molecular weight is 409 g/mol. The van der Waals surface area contributed by atoms with E-state index >= 15 is 0 Å². The fraction of sp³-hybridized carbons (Fsp3) is 0.261. The van der Waals surface area contributed by atoms with Crippen molar-refractivity contribution >= 4 is 32.4 Å². The Balaban J connectivity index is 1.57. The zero-order chi connectivity index (χ0) is 20.4. The third-order valence-electron chi connectivity index (χ3n) is 5.33. The number of sulfonamides is 1. The molecule has 0 radical (unpaired) electrons. The highest BCUT2D eigenvalue weighted by Crippen LogP contribution is 2.26. The van der Waals surface area contributed by atoms with Gasteiger partial charge in [0.15, 0.2) is 0 Å². The molecule has 1 N–H and O–H groups in total. The minimum atomic E-state index is -3.23. The third-order valence-corrected chi connectivity index (χ3v) is 7.35. The van der Waals surface area contributed by atoms with E-state index in [2.05, 4.69) is 5.32 Å². The highest BCUT2D eigenvalue weighted by Gasteiger charge is 2.26. The lowest BCUT2D eigenvalue weighted by Gasteiger charge is -2.28. The fourth-order valence-corrected chi connectivity index (χ4v) is 5.33. The number of hydrogen-bond acceptors (Lipinski definition) is 3. The Hall–Kier alpha value is -2.70. The smallest absolute Gasteiger partial charge is 0.256 e. The van der Waals surface area contributed by atoms with Gasteiger partial charge in [-0.2, -0.15) is 4.31 Å². The summed E-state index contributed by atoms with van der Waals surface area (Å²) in [6, 6.07) is 19.2. The molecule has 0 aliphatic carbocycles. The minimum Gasteiger partial charge on any atom is -0.322 e. The molecular weight excluding hydrogens is 384 g/mol. The second kappa shape index (κ2) is 7.97. The van der Waals surface area contributed by atoms with E-state index in [4.69, 9.17) is 0 Å². The van der Waals surface area contributed by atoms with Crippen LogP contribution in [0.1, 0.15) is 34.8 Å². The van der Waals surface area contributed by atoms with E-state index in [0.717, 1.165) is 21.9 Å². The van der Waals surface area contributed by atoms with Gasteiger partial charge in [0.2, 0.25) is 10.0 Å². The third kappa shape index (κ3) is 4.04. The van der Waals surface area contributed by atoms with Crippen LogP contribution < -0.4 is 5.32 Å². The van der Waals surface area contributed by atoms with Gasteiger partial charge in [-0.3, -0.25) is 4.79 Å². The van der Waals surface area contributed by atoms with E-state index in [-0.39, 0.29) is 11.7 Å². The van der Waals surface area contributed by atoms with Gasteiger partial charge < -0.3 is 5.32 Å². The number of anilines is 1. The number of fused-ring (bicyclic) bond motifs is 2. The number of carbonyl (C=O) groups excluding carboxylic acids is 1. The molecule has 29 heavy (non-hydrogen) atoms. The molecule has 0 bridgehead atoms. The number of nitrogens with zero attached hydrogens (tertiary/aromatic N) is 1. The second-order valence-electron chi connectivity index (χ2n) is 7.36. The van der Waals surface area contributed by atoms with Crippen molar-refractivity contribution in [3.8, 4) is 0 Å². The molecule has 1 heterocycles. The van der Waals surface area contributed by atoms with Crippen LogP contribution in [0.2, 0.25) is 0 Å². The number of amides is 1. The largest absolute Gasteiger partial charge is 0.322 e. The second-order valence-corrected chi connectivity index (χ2v) is 9.45. The molecule has 1 aliphatic rings. The predicted molar refractivity (Wildman–Crippen MR) is 117 cm³/mol. The molecule has 1 aliphatic heterocycles. The quantitative estimate of drug-likeness (QED) is 0.688. The van der Waals surface area contributed by atoms with E-state index < -0.39 is 10.0 Å². The lowest BCUT2D eigenvalue weighted by atomic mass is 10.00. The Bertz CT molecular complexity index is 1170. The van der Waals surface area contributed by atoms with Crippen molar-refractivity contribution in [1.29, 1.82) is 0 Å². The van der Waals surface area contributed by atoms with Gasteiger partial charge in [-0.1, -0.05) is 49.4 Å². The number of carbonyl (C=O) groups is 1. The summed E-state index contributed by atoms with van der Waals surface area (Å²) in [7, 11) is -3.23. The summed E-state index contributed by atoms with van der Waals surface area (Å²) in [5.41, 5.74) is 3.38. The molecule has 0 atom stereocenters. The molecule has 1 amide bonds. The van der Waals surface area contributed by atoms with Crippen molar-refractivity contribution in [2.75, 3.05) is 17.6 Å². The van der Waals surface area contributed by atoms with Crippen LogP contribution in [-0.2, 0) is 23.0 Å². The van der Waals surface area contributed by atoms with Crippen LogP contribution in [0, 0.1) is 0 Å². The van der Waals surface area contributed by atoms with Gasteiger partial charge in [-0.25, -0.2) is 8.42 Å². The van der Waals surface area contributed by atoms with Crippen LogP contribution in [0.15, 0.2) is 60.7 Å². The Morgan fingerprint density at radius 3 is 2.66 bits per heavy atom. The standard InChI is InChI=1S/C23H24N2O3S/c1-2-14-29(27,28)25-13-12-17-10-11-20(15-19(17)16-25)24-23(26)22-9-5-7-18-6-3-4-8-21(18)22/h3-11,15H,2,12-14,16H2,1H3,(H,24,26). The molecule has 150 valence electrons. The minimum absolute atomic E-state index is 0.167. The Morgan fingerprint density at radius 1 is 1.03 bits per heavy atom.